The first-order chi connectivity index (χ1) is 10.3. The van der Waals surface area contributed by atoms with Crippen LogP contribution >= 0.6 is 0 Å². The summed E-state index contributed by atoms with van der Waals surface area (Å²) in [6.07, 6.45) is 6.15. The second kappa shape index (κ2) is 6.13. The second-order valence-electron chi connectivity index (χ2n) is 4.95. The molecule has 2 aromatic carbocycles. The van der Waals surface area contributed by atoms with E-state index < -0.39 is 0 Å². The van der Waals surface area contributed by atoms with Crippen molar-refractivity contribution in [1.29, 1.82) is 0 Å². The Labute approximate surface area is 124 Å². The van der Waals surface area contributed by atoms with Crippen LogP contribution in [0.1, 0.15) is 5.56 Å². The van der Waals surface area contributed by atoms with Gasteiger partial charge in [-0.25, -0.2) is 9.13 Å². The van der Waals surface area contributed by atoms with Crippen LogP contribution in [0.25, 0.3) is 0 Å². The monoisotopic (exact) mass is 277 g/mol. The Morgan fingerprint density at radius 1 is 0.905 bits per heavy atom. The maximum absolute atomic E-state index is 4.24. The first kappa shape index (κ1) is 13.2. The first-order valence-corrected chi connectivity index (χ1v) is 6.86. The van der Waals surface area contributed by atoms with E-state index in [1.807, 2.05) is 60.3 Å². The Morgan fingerprint density at radius 3 is 2.19 bits per heavy atom. The maximum Gasteiger partial charge on any atom is 0.243 e. The molecule has 0 amide bonds. The average Bonchev–Trinajstić information content (AvgIpc) is 2.93. The molecule has 0 N–H and O–H groups in total. The molecule has 1 heterocycles. The highest BCUT2D eigenvalue weighted by Gasteiger charge is 2.01. The molecule has 104 valence electrons. The van der Waals surface area contributed by atoms with Crippen LogP contribution in [0.5, 0.6) is 0 Å². The fourth-order valence-corrected chi connectivity index (χ4v) is 2.08. The second-order valence-corrected chi connectivity index (χ2v) is 4.95. The topological polar surface area (TPSA) is 33.5 Å². The smallest absolute Gasteiger partial charge is 0.240 e. The number of rotatable bonds is 4. The van der Waals surface area contributed by atoms with Gasteiger partial charge < -0.3 is 0 Å². The minimum absolute atomic E-state index is 0.858. The zero-order valence-corrected chi connectivity index (χ0v) is 11.9. The third kappa shape index (κ3) is 3.63. The van der Waals surface area contributed by atoms with Gasteiger partial charge in [0.2, 0.25) is 6.33 Å². The molecule has 0 saturated carbocycles. The number of imidazole rings is 1. The van der Waals surface area contributed by atoms with Crippen molar-refractivity contribution in [3.05, 3.63) is 78.9 Å². The van der Waals surface area contributed by atoms with Gasteiger partial charge in [0.25, 0.3) is 0 Å². The predicted molar refractivity (Wildman–Crippen MR) is 81.8 cm³/mol. The molecule has 0 spiro atoms. The lowest BCUT2D eigenvalue weighted by Gasteiger charge is -1.98. The summed E-state index contributed by atoms with van der Waals surface area (Å²) in [7, 11) is 2.02. The van der Waals surface area contributed by atoms with E-state index in [1.165, 1.54) is 5.56 Å². The summed E-state index contributed by atoms with van der Waals surface area (Å²) in [6.45, 7) is 0.858. The number of hydrogen-bond acceptors (Lipinski definition) is 2. The van der Waals surface area contributed by atoms with Crippen molar-refractivity contribution in [3.63, 3.8) is 0 Å². The van der Waals surface area contributed by atoms with Crippen LogP contribution in [-0.4, -0.2) is 4.57 Å². The number of aryl methyl sites for hydroxylation is 1. The summed E-state index contributed by atoms with van der Waals surface area (Å²) in [5, 5.41) is 8.45. The van der Waals surface area contributed by atoms with Crippen molar-refractivity contribution < 1.29 is 4.57 Å². The molecule has 3 rings (SSSR count). The third-order valence-electron chi connectivity index (χ3n) is 3.16. The van der Waals surface area contributed by atoms with Crippen LogP contribution in [0.15, 0.2) is 83.5 Å². The van der Waals surface area contributed by atoms with Crippen molar-refractivity contribution in [1.82, 2.24) is 4.57 Å². The molecule has 0 radical (unpaired) electrons. The van der Waals surface area contributed by atoms with Crippen LogP contribution in [-0.2, 0) is 13.6 Å². The molecular weight excluding hydrogens is 260 g/mol. The standard InChI is InChI=1S/C17H17N4/c1-20-11-12-21(14-20)13-15-7-9-17(10-8-15)19-18-16-5-3-2-4-6-16/h2-12,14H,13H2,1H3/q+1. The minimum Gasteiger partial charge on any atom is -0.240 e. The van der Waals surface area contributed by atoms with E-state index in [0.29, 0.717) is 0 Å². The Hall–Kier alpha value is -2.75. The van der Waals surface area contributed by atoms with Crippen molar-refractivity contribution in [2.75, 3.05) is 0 Å². The fourth-order valence-electron chi connectivity index (χ4n) is 2.08. The van der Waals surface area contributed by atoms with Gasteiger partial charge in [-0.2, -0.15) is 10.2 Å². The largest absolute Gasteiger partial charge is 0.243 e. The first-order valence-electron chi connectivity index (χ1n) is 6.86. The molecule has 21 heavy (non-hydrogen) atoms. The highest BCUT2D eigenvalue weighted by molar-refractivity contribution is 5.40. The van der Waals surface area contributed by atoms with Crippen molar-refractivity contribution in [2.45, 2.75) is 6.54 Å². The molecule has 0 bridgehead atoms. The van der Waals surface area contributed by atoms with E-state index >= 15 is 0 Å². The molecule has 0 unspecified atom stereocenters. The maximum atomic E-state index is 4.24. The van der Waals surface area contributed by atoms with Gasteiger partial charge in [0.05, 0.1) is 18.4 Å². The zero-order valence-electron chi connectivity index (χ0n) is 11.9. The van der Waals surface area contributed by atoms with E-state index in [9.17, 15) is 0 Å². The van der Waals surface area contributed by atoms with Crippen molar-refractivity contribution >= 4 is 11.4 Å². The van der Waals surface area contributed by atoms with Crippen LogP contribution in [0, 0.1) is 0 Å². The predicted octanol–water partition coefficient (Wildman–Crippen LogP) is 3.78. The Morgan fingerprint density at radius 2 is 1.57 bits per heavy atom. The van der Waals surface area contributed by atoms with Crippen LogP contribution in [0.4, 0.5) is 11.4 Å². The molecular formula is C17H17N4+. The highest BCUT2D eigenvalue weighted by atomic mass is 15.1. The molecule has 3 aromatic rings. The van der Waals surface area contributed by atoms with Crippen LogP contribution in [0.2, 0.25) is 0 Å². The summed E-state index contributed by atoms with van der Waals surface area (Å²) in [4.78, 5) is 0. The summed E-state index contributed by atoms with van der Waals surface area (Å²) in [6, 6.07) is 17.9. The molecule has 0 aliphatic carbocycles. The summed E-state index contributed by atoms with van der Waals surface area (Å²) in [5.74, 6) is 0. The molecule has 4 heteroatoms. The van der Waals surface area contributed by atoms with E-state index in [1.54, 1.807) is 0 Å². The van der Waals surface area contributed by atoms with Crippen LogP contribution < -0.4 is 4.57 Å². The lowest BCUT2D eigenvalue weighted by molar-refractivity contribution is -0.671. The number of nitrogens with zero attached hydrogens (tertiary/aromatic N) is 4. The number of benzene rings is 2. The summed E-state index contributed by atoms with van der Waals surface area (Å²) >= 11 is 0. The van der Waals surface area contributed by atoms with Gasteiger partial charge in [-0.3, -0.25) is 0 Å². The van der Waals surface area contributed by atoms with Crippen molar-refractivity contribution in [2.24, 2.45) is 17.3 Å². The average molecular weight is 277 g/mol. The SMILES string of the molecule is C[n+]1ccn(Cc2ccc(N=Nc3ccccc3)cc2)c1. The molecule has 1 aromatic heterocycles. The fraction of sp³-hybridized carbons (Fsp3) is 0.118. The van der Waals surface area contributed by atoms with Gasteiger partial charge in [-0.1, -0.05) is 30.3 Å². The molecule has 0 aliphatic rings. The summed E-state index contributed by atoms with van der Waals surface area (Å²) < 4.78 is 4.17. The number of aromatic nitrogens is 2. The Bertz CT molecular complexity index is 727. The van der Waals surface area contributed by atoms with E-state index in [4.69, 9.17) is 0 Å². The minimum atomic E-state index is 0.858. The lowest BCUT2D eigenvalue weighted by Crippen LogP contribution is -2.23. The van der Waals surface area contributed by atoms with E-state index in [0.717, 1.165) is 17.9 Å². The van der Waals surface area contributed by atoms with E-state index in [2.05, 4.69) is 39.5 Å². The number of azo groups is 1. The number of hydrogen-bond donors (Lipinski definition) is 0. The molecule has 0 saturated heterocycles. The Balaban J connectivity index is 1.68. The third-order valence-corrected chi connectivity index (χ3v) is 3.16. The molecule has 0 atom stereocenters. The van der Waals surface area contributed by atoms with Gasteiger partial charge >= 0.3 is 0 Å². The van der Waals surface area contributed by atoms with E-state index in [-0.39, 0.29) is 0 Å². The van der Waals surface area contributed by atoms with Crippen LogP contribution in [0.3, 0.4) is 0 Å². The van der Waals surface area contributed by atoms with Gasteiger partial charge in [-0.15, -0.1) is 0 Å². The Kier molecular flexibility index (Phi) is 3.87. The summed E-state index contributed by atoms with van der Waals surface area (Å²) in [5.41, 5.74) is 2.96. The normalized spacial score (nSPS) is 11.1. The molecule has 0 aliphatic heterocycles. The van der Waals surface area contributed by atoms with Gasteiger partial charge in [0.15, 0.2) is 0 Å². The molecule has 0 fully saturated rings. The van der Waals surface area contributed by atoms with Gasteiger partial charge in [0.1, 0.15) is 18.9 Å². The molecule has 4 nitrogen and oxygen atoms in total. The van der Waals surface area contributed by atoms with Gasteiger partial charge in [-0.05, 0) is 29.8 Å². The highest BCUT2D eigenvalue weighted by Crippen LogP contribution is 2.18. The lowest BCUT2D eigenvalue weighted by atomic mass is 10.2. The quantitative estimate of drug-likeness (QED) is 0.514. The zero-order chi connectivity index (χ0) is 14.5. The van der Waals surface area contributed by atoms with Crippen molar-refractivity contribution in [3.8, 4) is 0 Å². The van der Waals surface area contributed by atoms with Gasteiger partial charge in [0, 0.05) is 0 Å².